The molecule has 0 aliphatic carbocycles. The molecule has 170 valence electrons. The molecule has 2 N–H and O–H groups in total. The minimum absolute atomic E-state index is 0.0861. The highest BCUT2D eigenvalue weighted by Crippen LogP contribution is 2.41. The summed E-state index contributed by atoms with van der Waals surface area (Å²) >= 11 is 0. The molecule has 4 aromatic rings. The summed E-state index contributed by atoms with van der Waals surface area (Å²) in [5.41, 5.74) is 4.01. The molecule has 2 aromatic heterocycles. The fourth-order valence-corrected chi connectivity index (χ4v) is 4.53. The van der Waals surface area contributed by atoms with Crippen molar-refractivity contribution in [2.75, 3.05) is 0 Å². The Bertz CT molecular complexity index is 1400. The molecule has 0 spiro atoms. The van der Waals surface area contributed by atoms with Crippen LogP contribution in [0.2, 0.25) is 0 Å². The van der Waals surface area contributed by atoms with E-state index in [1.165, 1.54) is 4.90 Å². The number of rotatable bonds is 5. The number of pyridine rings is 1. The summed E-state index contributed by atoms with van der Waals surface area (Å²) < 4.78 is 0. The number of aromatic amines is 1. The van der Waals surface area contributed by atoms with Gasteiger partial charge in [0.15, 0.2) is 0 Å². The lowest BCUT2D eigenvalue weighted by atomic mass is 9.93. The highest BCUT2D eigenvalue weighted by atomic mass is 16.3. The molecule has 2 aromatic carbocycles. The van der Waals surface area contributed by atoms with E-state index in [1.807, 2.05) is 60.7 Å². The van der Waals surface area contributed by atoms with Crippen LogP contribution in [-0.2, 0) is 16.1 Å². The summed E-state index contributed by atoms with van der Waals surface area (Å²) in [5, 5.41) is 12.2. The fourth-order valence-electron chi connectivity index (χ4n) is 4.53. The summed E-state index contributed by atoms with van der Waals surface area (Å²) in [6.07, 6.45) is 3.33. The predicted molar refractivity (Wildman–Crippen MR) is 131 cm³/mol. The first kappa shape index (κ1) is 21.6. The standard InChI is InChI=1S/C28H25N3O3/c1-17(2)18-10-12-19(13-11-18)25-24(26(32)22-15-30-23-9-4-3-8-21(22)23)27(33)28(34)31(25)16-20-7-5-6-14-29-20/h3-15,17,25,30,32H,16H2,1-2H3/b26-24-. The number of nitrogens with one attached hydrogen (secondary N) is 1. The van der Waals surface area contributed by atoms with Crippen molar-refractivity contribution >= 4 is 28.4 Å². The number of fused-ring (bicyclic) bond motifs is 1. The third-order valence-electron chi connectivity index (χ3n) is 6.36. The van der Waals surface area contributed by atoms with Crippen LogP contribution in [0.1, 0.15) is 48.2 Å². The molecule has 1 atom stereocenters. The van der Waals surface area contributed by atoms with E-state index in [0.29, 0.717) is 17.2 Å². The molecule has 1 unspecified atom stereocenters. The number of nitrogens with zero attached hydrogens (tertiary/aromatic N) is 2. The Morgan fingerprint density at radius 2 is 1.76 bits per heavy atom. The lowest BCUT2D eigenvalue weighted by Gasteiger charge is -2.25. The minimum Gasteiger partial charge on any atom is -0.507 e. The first-order valence-electron chi connectivity index (χ1n) is 11.3. The molecule has 0 saturated carbocycles. The molecule has 0 bridgehead atoms. The second-order valence-corrected chi connectivity index (χ2v) is 8.82. The van der Waals surface area contributed by atoms with Gasteiger partial charge in [-0.15, -0.1) is 0 Å². The van der Waals surface area contributed by atoms with E-state index in [-0.39, 0.29) is 17.9 Å². The van der Waals surface area contributed by atoms with Crippen molar-refractivity contribution < 1.29 is 14.7 Å². The molecular formula is C28H25N3O3. The van der Waals surface area contributed by atoms with Crippen molar-refractivity contribution in [3.63, 3.8) is 0 Å². The molecule has 1 aliphatic rings. The van der Waals surface area contributed by atoms with Crippen LogP contribution in [0, 0.1) is 0 Å². The Morgan fingerprint density at radius 3 is 2.47 bits per heavy atom. The number of likely N-dealkylation sites (tertiary alicyclic amines) is 1. The highest BCUT2D eigenvalue weighted by Gasteiger charge is 2.46. The van der Waals surface area contributed by atoms with Gasteiger partial charge in [-0.2, -0.15) is 0 Å². The molecule has 6 heteroatoms. The molecule has 0 radical (unpaired) electrons. The third-order valence-corrected chi connectivity index (χ3v) is 6.36. The predicted octanol–water partition coefficient (Wildman–Crippen LogP) is 5.31. The van der Waals surface area contributed by atoms with Crippen molar-refractivity contribution in [3.8, 4) is 0 Å². The summed E-state index contributed by atoms with van der Waals surface area (Å²) in [5.74, 6) is -1.18. The van der Waals surface area contributed by atoms with Crippen molar-refractivity contribution in [1.29, 1.82) is 0 Å². The number of para-hydroxylation sites is 1. The van der Waals surface area contributed by atoms with Crippen LogP contribution in [-0.4, -0.2) is 31.7 Å². The van der Waals surface area contributed by atoms with Gasteiger partial charge < -0.3 is 15.0 Å². The quantitative estimate of drug-likeness (QED) is 0.245. The maximum absolute atomic E-state index is 13.3. The number of Topliss-reactive ketones (excluding diaryl/α,β-unsaturated/α-hetero) is 1. The SMILES string of the molecule is CC(C)c1ccc(C2/C(=C(/O)c3c[nH]c4ccccc34)C(=O)C(=O)N2Cc2ccccn2)cc1. The highest BCUT2D eigenvalue weighted by molar-refractivity contribution is 6.46. The summed E-state index contributed by atoms with van der Waals surface area (Å²) in [4.78, 5) is 35.5. The van der Waals surface area contributed by atoms with Gasteiger partial charge in [0.1, 0.15) is 5.76 Å². The van der Waals surface area contributed by atoms with Crippen LogP contribution in [0.5, 0.6) is 0 Å². The average molecular weight is 452 g/mol. The van der Waals surface area contributed by atoms with Crippen LogP contribution >= 0.6 is 0 Å². The Hall–Kier alpha value is -4.19. The van der Waals surface area contributed by atoms with Gasteiger partial charge in [-0.3, -0.25) is 14.6 Å². The molecule has 1 aliphatic heterocycles. The Morgan fingerprint density at radius 1 is 1.03 bits per heavy atom. The number of benzene rings is 2. The third kappa shape index (κ3) is 3.67. The van der Waals surface area contributed by atoms with Gasteiger partial charge >= 0.3 is 0 Å². The first-order valence-corrected chi connectivity index (χ1v) is 11.3. The Balaban J connectivity index is 1.67. The minimum atomic E-state index is -0.725. The molecule has 1 saturated heterocycles. The average Bonchev–Trinajstić information content (AvgIpc) is 3.39. The monoisotopic (exact) mass is 451 g/mol. The maximum Gasteiger partial charge on any atom is 0.296 e. The number of hydrogen-bond donors (Lipinski definition) is 2. The van der Waals surface area contributed by atoms with Crippen molar-refractivity contribution in [3.05, 3.63) is 107 Å². The van der Waals surface area contributed by atoms with Gasteiger partial charge in [0.05, 0.1) is 23.9 Å². The van der Waals surface area contributed by atoms with Crippen molar-refractivity contribution in [1.82, 2.24) is 14.9 Å². The van der Waals surface area contributed by atoms with Crippen LogP contribution in [0.25, 0.3) is 16.7 Å². The first-order chi connectivity index (χ1) is 16.5. The van der Waals surface area contributed by atoms with E-state index < -0.39 is 17.7 Å². The summed E-state index contributed by atoms with van der Waals surface area (Å²) in [6.45, 7) is 4.38. The number of carbonyl (C=O) groups is 2. The molecule has 3 heterocycles. The van der Waals surface area contributed by atoms with Crippen molar-refractivity contribution in [2.45, 2.75) is 32.4 Å². The van der Waals surface area contributed by atoms with Crippen LogP contribution in [0.3, 0.4) is 0 Å². The fraction of sp³-hybridized carbons (Fsp3) is 0.179. The zero-order valence-electron chi connectivity index (χ0n) is 19.0. The Kier molecular flexibility index (Phi) is 5.49. The van der Waals surface area contributed by atoms with Gasteiger partial charge in [0.2, 0.25) is 0 Å². The topological polar surface area (TPSA) is 86.3 Å². The van der Waals surface area contributed by atoms with E-state index in [0.717, 1.165) is 22.0 Å². The van der Waals surface area contributed by atoms with E-state index in [9.17, 15) is 14.7 Å². The lowest BCUT2D eigenvalue weighted by molar-refractivity contribution is -0.140. The van der Waals surface area contributed by atoms with Gasteiger partial charge in [-0.1, -0.05) is 62.4 Å². The molecule has 5 rings (SSSR count). The number of aliphatic hydroxyl groups is 1. The van der Waals surface area contributed by atoms with Crippen molar-refractivity contribution in [2.24, 2.45) is 0 Å². The van der Waals surface area contributed by atoms with Crippen LogP contribution in [0.4, 0.5) is 0 Å². The summed E-state index contributed by atoms with van der Waals surface area (Å²) in [6, 6.07) is 20.1. The number of aliphatic hydroxyl groups excluding tert-OH is 1. The zero-order valence-corrected chi connectivity index (χ0v) is 19.0. The normalized spacial score (nSPS) is 17.7. The van der Waals surface area contributed by atoms with Crippen LogP contribution in [0.15, 0.2) is 84.7 Å². The number of hydrogen-bond acceptors (Lipinski definition) is 4. The second kappa shape index (κ2) is 8.63. The maximum atomic E-state index is 13.3. The van der Waals surface area contributed by atoms with E-state index in [2.05, 4.69) is 23.8 Å². The number of amides is 1. The van der Waals surface area contributed by atoms with E-state index in [4.69, 9.17) is 0 Å². The molecule has 1 amide bonds. The van der Waals surface area contributed by atoms with E-state index >= 15 is 0 Å². The molecular weight excluding hydrogens is 426 g/mol. The second-order valence-electron chi connectivity index (χ2n) is 8.82. The number of H-pyrrole nitrogens is 1. The zero-order chi connectivity index (χ0) is 23.8. The molecule has 6 nitrogen and oxygen atoms in total. The molecule has 34 heavy (non-hydrogen) atoms. The number of aromatic nitrogens is 2. The van der Waals surface area contributed by atoms with Gasteiger partial charge in [-0.25, -0.2) is 0 Å². The smallest absolute Gasteiger partial charge is 0.296 e. The van der Waals surface area contributed by atoms with Gasteiger partial charge in [0, 0.05) is 28.9 Å². The number of ketones is 1. The van der Waals surface area contributed by atoms with E-state index in [1.54, 1.807) is 18.5 Å². The number of carbonyl (C=O) groups excluding carboxylic acids is 2. The largest absolute Gasteiger partial charge is 0.507 e. The summed E-state index contributed by atoms with van der Waals surface area (Å²) in [7, 11) is 0. The Labute approximate surface area is 197 Å². The van der Waals surface area contributed by atoms with Crippen LogP contribution < -0.4 is 0 Å². The lowest BCUT2D eigenvalue weighted by Crippen LogP contribution is -2.29. The van der Waals surface area contributed by atoms with Gasteiger partial charge in [0.25, 0.3) is 11.7 Å². The molecule has 1 fully saturated rings. The van der Waals surface area contributed by atoms with Gasteiger partial charge in [-0.05, 0) is 35.2 Å².